The lowest BCUT2D eigenvalue weighted by atomic mass is 10.1. The second-order valence-electron chi connectivity index (χ2n) is 8.11. The van der Waals surface area contributed by atoms with Crippen molar-refractivity contribution in [2.75, 3.05) is 58.2 Å². The largest absolute Gasteiger partial charge is 0.497 e. The second-order valence-corrected chi connectivity index (χ2v) is 8.11. The third-order valence-corrected chi connectivity index (χ3v) is 5.90. The van der Waals surface area contributed by atoms with E-state index in [1.54, 1.807) is 7.11 Å². The first-order valence-corrected chi connectivity index (χ1v) is 11.4. The molecule has 2 aromatic carbocycles. The number of rotatable bonds is 9. The van der Waals surface area contributed by atoms with Crippen molar-refractivity contribution >= 4 is 16.7 Å². The van der Waals surface area contributed by atoms with Gasteiger partial charge in [-0.3, -0.25) is 0 Å². The Hall–Kier alpha value is -2.70. The van der Waals surface area contributed by atoms with Gasteiger partial charge in [-0.1, -0.05) is 19.1 Å². The van der Waals surface area contributed by atoms with Gasteiger partial charge < -0.3 is 19.9 Å². The van der Waals surface area contributed by atoms with E-state index in [4.69, 9.17) is 14.7 Å². The first kappa shape index (κ1) is 21.5. The summed E-state index contributed by atoms with van der Waals surface area (Å²) in [5.74, 6) is 2.47. The fourth-order valence-electron chi connectivity index (χ4n) is 4.14. The number of benzene rings is 2. The van der Waals surface area contributed by atoms with Gasteiger partial charge in [0.1, 0.15) is 11.6 Å². The summed E-state index contributed by atoms with van der Waals surface area (Å²) >= 11 is 0. The lowest BCUT2D eigenvalue weighted by Crippen LogP contribution is -2.46. The van der Waals surface area contributed by atoms with Gasteiger partial charge in [0.15, 0.2) is 5.82 Å². The minimum atomic E-state index is 0.732. The molecule has 2 heterocycles. The highest BCUT2D eigenvalue weighted by Crippen LogP contribution is 2.26. The number of ether oxygens (including phenoxy) is 1. The van der Waals surface area contributed by atoms with Crippen LogP contribution in [0.2, 0.25) is 0 Å². The van der Waals surface area contributed by atoms with Gasteiger partial charge >= 0.3 is 0 Å². The van der Waals surface area contributed by atoms with Gasteiger partial charge in [-0.05, 0) is 62.3 Å². The molecule has 4 rings (SSSR count). The van der Waals surface area contributed by atoms with Crippen molar-refractivity contribution in [3.63, 3.8) is 0 Å². The van der Waals surface area contributed by atoms with Crippen LogP contribution in [0.25, 0.3) is 22.3 Å². The average Bonchev–Trinajstić information content (AvgIpc) is 2.83. The van der Waals surface area contributed by atoms with Crippen LogP contribution in [0.3, 0.4) is 0 Å². The predicted molar refractivity (Wildman–Crippen MR) is 128 cm³/mol. The molecule has 0 spiro atoms. The highest BCUT2D eigenvalue weighted by atomic mass is 16.5. The SMILES string of the molecule is CCCN1CCN(CCCNc2nc(-c3ccc(OC)cc3)nc3ccccc23)CC1. The van der Waals surface area contributed by atoms with Crippen molar-refractivity contribution in [1.29, 1.82) is 0 Å². The maximum Gasteiger partial charge on any atom is 0.162 e. The molecule has 6 heteroatoms. The van der Waals surface area contributed by atoms with E-state index >= 15 is 0 Å². The standard InChI is InChI=1S/C25H33N5O/c1-3-14-29-16-18-30(19-17-29)15-6-13-26-25-22-7-4-5-8-23(22)27-24(28-25)20-9-11-21(31-2)12-10-20/h4-5,7-12H,3,6,13-19H2,1-2H3,(H,26,27,28). The smallest absolute Gasteiger partial charge is 0.162 e. The van der Waals surface area contributed by atoms with Crippen molar-refractivity contribution in [1.82, 2.24) is 19.8 Å². The molecule has 6 nitrogen and oxygen atoms in total. The monoisotopic (exact) mass is 419 g/mol. The lowest BCUT2D eigenvalue weighted by Gasteiger charge is -2.34. The fraction of sp³-hybridized carbons (Fsp3) is 0.440. The molecule has 0 unspecified atom stereocenters. The molecular formula is C25H33N5O. The van der Waals surface area contributed by atoms with E-state index in [1.807, 2.05) is 42.5 Å². The first-order valence-electron chi connectivity index (χ1n) is 11.4. The molecule has 0 aliphatic carbocycles. The molecule has 0 saturated carbocycles. The maximum atomic E-state index is 5.27. The Morgan fingerprint density at radius 3 is 2.32 bits per heavy atom. The van der Waals surface area contributed by atoms with Crippen LogP contribution in [0, 0.1) is 0 Å². The van der Waals surface area contributed by atoms with Gasteiger partial charge in [-0.15, -0.1) is 0 Å². The summed E-state index contributed by atoms with van der Waals surface area (Å²) in [4.78, 5) is 14.8. The Kier molecular flexibility index (Phi) is 7.33. The molecule has 0 bridgehead atoms. The number of fused-ring (bicyclic) bond motifs is 1. The zero-order valence-electron chi connectivity index (χ0n) is 18.7. The Bertz CT molecular complexity index is 967. The van der Waals surface area contributed by atoms with Crippen LogP contribution in [0.1, 0.15) is 19.8 Å². The molecule has 0 radical (unpaired) electrons. The molecule has 0 atom stereocenters. The van der Waals surface area contributed by atoms with E-state index in [2.05, 4.69) is 28.1 Å². The molecule has 1 aromatic heterocycles. The molecule has 0 amide bonds. The Balaban J connectivity index is 1.40. The minimum absolute atomic E-state index is 0.732. The molecule has 1 aliphatic rings. The van der Waals surface area contributed by atoms with Gasteiger partial charge in [-0.25, -0.2) is 9.97 Å². The number of anilines is 1. The van der Waals surface area contributed by atoms with E-state index in [-0.39, 0.29) is 0 Å². The molecule has 3 aromatic rings. The number of hydrogen-bond donors (Lipinski definition) is 1. The first-order chi connectivity index (χ1) is 15.3. The molecular weight excluding hydrogens is 386 g/mol. The Morgan fingerprint density at radius 2 is 1.61 bits per heavy atom. The van der Waals surface area contributed by atoms with Crippen LogP contribution in [0.15, 0.2) is 48.5 Å². The van der Waals surface area contributed by atoms with Crippen LogP contribution in [0.5, 0.6) is 5.75 Å². The lowest BCUT2D eigenvalue weighted by molar-refractivity contribution is 0.132. The molecule has 31 heavy (non-hydrogen) atoms. The highest BCUT2D eigenvalue weighted by molar-refractivity contribution is 5.90. The van der Waals surface area contributed by atoms with Crippen LogP contribution in [-0.4, -0.2) is 72.7 Å². The predicted octanol–water partition coefficient (Wildman–Crippen LogP) is 4.14. The molecule has 1 N–H and O–H groups in total. The number of hydrogen-bond acceptors (Lipinski definition) is 6. The summed E-state index contributed by atoms with van der Waals surface area (Å²) in [5.41, 5.74) is 1.94. The van der Waals surface area contributed by atoms with Crippen molar-refractivity contribution in [3.8, 4) is 17.1 Å². The minimum Gasteiger partial charge on any atom is -0.497 e. The quantitative estimate of drug-likeness (QED) is 0.526. The summed E-state index contributed by atoms with van der Waals surface area (Å²) in [5, 5.41) is 4.64. The molecule has 1 aliphatic heterocycles. The van der Waals surface area contributed by atoms with Gasteiger partial charge in [0.25, 0.3) is 0 Å². The second kappa shape index (κ2) is 10.6. The topological polar surface area (TPSA) is 53.5 Å². The van der Waals surface area contributed by atoms with Crippen molar-refractivity contribution < 1.29 is 4.74 Å². The Morgan fingerprint density at radius 1 is 0.903 bits per heavy atom. The van der Waals surface area contributed by atoms with E-state index in [9.17, 15) is 0 Å². The van der Waals surface area contributed by atoms with Crippen LogP contribution < -0.4 is 10.1 Å². The van der Waals surface area contributed by atoms with Gasteiger partial charge in [0.2, 0.25) is 0 Å². The summed E-state index contributed by atoms with van der Waals surface area (Å²) in [6, 6.07) is 16.1. The van der Waals surface area contributed by atoms with Crippen molar-refractivity contribution in [2.24, 2.45) is 0 Å². The highest BCUT2D eigenvalue weighted by Gasteiger charge is 2.15. The van der Waals surface area contributed by atoms with Crippen LogP contribution in [0.4, 0.5) is 5.82 Å². The zero-order valence-corrected chi connectivity index (χ0v) is 18.7. The molecule has 1 fully saturated rings. The van der Waals surface area contributed by atoms with Crippen LogP contribution >= 0.6 is 0 Å². The number of methoxy groups -OCH3 is 1. The fourth-order valence-corrected chi connectivity index (χ4v) is 4.14. The number of piperazine rings is 1. The number of nitrogens with zero attached hydrogens (tertiary/aromatic N) is 4. The molecule has 1 saturated heterocycles. The third-order valence-electron chi connectivity index (χ3n) is 5.90. The van der Waals surface area contributed by atoms with E-state index in [0.29, 0.717) is 0 Å². The van der Waals surface area contributed by atoms with E-state index < -0.39 is 0 Å². The number of para-hydroxylation sites is 1. The van der Waals surface area contributed by atoms with E-state index in [0.717, 1.165) is 53.4 Å². The van der Waals surface area contributed by atoms with Gasteiger partial charge in [0.05, 0.1) is 12.6 Å². The molecule has 164 valence electrons. The maximum absolute atomic E-state index is 5.27. The third kappa shape index (κ3) is 5.51. The summed E-state index contributed by atoms with van der Waals surface area (Å²) in [6.07, 6.45) is 2.35. The summed E-state index contributed by atoms with van der Waals surface area (Å²) in [6.45, 7) is 10.3. The average molecular weight is 420 g/mol. The van der Waals surface area contributed by atoms with Gasteiger partial charge in [0, 0.05) is 43.7 Å². The normalized spacial score (nSPS) is 15.3. The number of nitrogens with one attached hydrogen (secondary N) is 1. The Labute approximate surface area is 185 Å². The zero-order chi connectivity index (χ0) is 21.5. The van der Waals surface area contributed by atoms with Gasteiger partial charge in [-0.2, -0.15) is 0 Å². The number of aromatic nitrogens is 2. The van der Waals surface area contributed by atoms with Crippen molar-refractivity contribution in [3.05, 3.63) is 48.5 Å². The summed E-state index contributed by atoms with van der Waals surface area (Å²) in [7, 11) is 1.68. The van der Waals surface area contributed by atoms with E-state index in [1.165, 1.54) is 39.1 Å². The van der Waals surface area contributed by atoms with Crippen molar-refractivity contribution in [2.45, 2.75) is 19.8 Å². The van der Waals surface area contributed by atoms with Crippen LogP contribution in [-0.2, 0) is 0 Å². The summed E-state index contributed by atoms with van der Waals surface area (Å²) < 4.78 is 5.27.